The Hall–Kier alpha value is -1.03. The highest BCUT2D eigenvalue weighted by atomic mass is 32.2. The van der Waals surface area contributed by atoms with E-state index in [2.05, 4.69) is 0 Å². The van der Waals surface area contributed by atoms with Crippen molar-refractivity contribution in [1.29, 1.82) is 0 Å². The number of thioether (sulfide) groups is 1. The van der Waals surface area contributed by atoms with Gasteiger partial charge in [-0.05, 0) is 6.26 Å². The highest BCUT2D eigenvalue weighted by Gasteiger charge is 2.19. The maximum absolute atomic E-state index is 10.6. The fraction of sp³-hybridized carbons (Fsp3) is 0.333. The molecule has 1 rings (SSSR count). The predicted molar refractivity (Wildman–Crippen MR) is 50.8 cm³/mol. The third-order valence-corrected chi connectivity index (χ3v) is 2.61. The number of aromatic nitrogens is 1. The molecule has 1 unspecified atom stereocenters. The average Bonchev–Trinajstić information content (AvgIpc) is 2.17. The number of hydrogen-bond acceptors (Lipinski definition) is 2. The molecule has 3 nitrogen and oxygen atoms in total. The van der Waals surface area contributed by atoms with Gasteiger partial charge in [0.25, 0.3) is 6.04 Å². The molecule has 0 aliphatic rings. The van der Waals surface area contributed by atoms with Gasteiger partial charge >= 0.3 is 5.97 Å². The van der Waals surface area contributed by atoms with Gasteiger partial charge in [-0.15, -0.1) is 11.8 Å². The van der Waals surface area contributed by atoms with Gasteiger partial charge in [0.2, 0.25) is 0 Å². The highest BCUT2D eigenvalue weighted by Crippen LogP contribution is 2.11. The van der Waals surface area contributed by atoms with E-state index in [4.69, 9.17) is 5.11 Å². The van der Waals surface area contributed by atoms with Crippen molar-refractivity contribution in [2.24, 2.45) is 0 Å². The topological polar surface area (TPSA) is 41.2 Å². The largest absolute Gasteiger partial charge is 0.476 e. The van der Waals surface area contributed by atoms with Gasteiger partial charge in [0.15, 0.2) is 12.4 Å². The number of nitrogens with zero attached hydrogens (tertiary/aromatic N) is 1. The van der Waals surface area contributed by atoms with Gasteiger partial charge in [0.05, 0.1) is 0 Å². The second kappa shape index (κ2) is 4.28. The molecular formula is C9H12NO2S+. The molecule has 0 aliphatic carbocycles. The summed E-state index contributed by atoms with van der Waals surface area (Å²) in [4.78, 5) is 11.8. The van der Waals surface area contributed by atoms with Gasteiger partial charge in [-0.25, -0.2) is 4.79 Å². The van der Waals surface area contributed by atoms with Gasteiger partial charge in [-0.3, -0.25) is 0 Å². The second-order valence-corrected chi connectivity index (χ2v) is 3.58. The summed E-state index contributed by atoms with van der Waals surface area (Å²) < 4.78 is 1.67. The molecule has 1 aromatic heterocycles. The molecule has 0 aliphatic heterocycles. The number of pyridine rings is 1. The summed E-state index contributed by atoms with van der Waals surface area (Å²) in [5, 5.41) is 8.74. The van der Waals surface area contributed by atoms with Crippen molar-refractivity contribution < 1.29 is 14.5 Å². The van der Waals surface area contributed by atoms with Crippen LogP contribution in [0.4, 0.5) is 0 Å². The van der Waals surface area contributed by atoms with Crippen molar-refractivity contribution in [3.05, 3.63) is 24.5 Å². The van der Waals surface area contributed by atoms with Gasteiger partial charge in [-0.1, -0.05) is 0 Å². The Bertz CT molecular complexity index is 297. The zero-order chi connectivity index (χ0) is 9.84. The van der Waals surface area contributed by atoms with Crippen LogP contribution in [0.3, 0.4) is 0 Å². The Labute approximate surface area is 81.4 Å². The smallest absolute Gasteiger partial charge is 0.373 e. The third kappa shape index (κ3) is 2.45. The zero-order valence-corrected chi connectivity index (χ0v) is 8.41. The molecule has 0 spiro atoms. The van der Waals surface area contributed by atoms with Crippen LogP contribution in [0.5, 0.6) is 0 Å². The third-order valence-electron chi connectivity index (χ3n) is 1.86. The lowest BCUT2D eigenvalue weighted by Gasteiger charge is -2.01. The molecular weight excluding hydrogens is 186 g/mol. The number of carboxylic acids is 1. The molecule has 1 atom stereocenters. The monoisotopic (exact) mass is 198 g/mol. The Kier molecular flexibility index (Phi) is 3.31. The van der Waals surface area contributed by atoms with Crippen molar-refractivity contribution in [3.63, 3.8) is 0 Å². The van der Waals surface area contributed by atoms with Crippen LogP contribution in [0.15, 0.2) is 29.4 Å². The normalized spacial score (nSPS) is 12.5. The summed E-state index contributed by atoms with van der Waals surface area (Å²) >= 11 is 1.64. The van der Waals surface area contributed by atoms with E-state index in [0.717, 1.165) is 4.90 Å². The Morgan fingerprint density at radius 2 is 2.08 bits per heavy atom. The molecule has 13 heavy (non-hydrogen) atoms. The van der Waals surface area contributed by atoms with Crippen LogP contribution in [0.1, 0.15) is 13.0 Å². The first-order valence-corrected chi connectivity index (χ1v) is 5.15. The van der Waals surface area contributed by atoms with E-state index in [1.165, 1.54) is 0 Å². The Morgan fingerprint density at radius 3 is 2.46 bits per heavy atom. The summed E-state index contributed by atoms with van der Waals surface area (Å²) in [7, 11) is 0. The molecule has 0 amide bonds. The average molecular weight is 198 g/mol. The number of hydrogen-bond donors (Lipinski definition) is 1. The van der Waals surface area contributed by atoms with E-state index in [0.29, 0.717) is 0 Å². The van der Waals surface area contributed by atoms with E-state index in [-0.39, 0.29) is 0 Å². The van der Waals surface area contributed by atoms with Gasteiger partial charge in [-0.2, -0.15) is 4.57 Å². The fourth-order valence-corrected chi connectivity index (χ4v) is 1.34. The van der Waals surface area contributed by atoms with Crippen molar-refractivity contribution >= 4 is 17.7 Å². The van der Waals surface area contributed by atoms with Gasteiger partial charge in [0, 0.05) is 24.0 Å². The lowest BCUT2D eigenvalue weighted by atomic mass is 10.3. The van der Waals surface area contributed by atoms with Gasteiger partial charge in [0.1, 0.15) is 0 Å². The van der Waals surface area contributed by atoms with Crippen LogP contribution in [-0.4, -0.2) is 17.3 Å². The fourth-order valence-electron chi connectivity index (χ4n) is 0.946. The number of carbonyl (C=O) groups is 1. The quantitative estimate of drug-likeness (QED) is 0.588. The first-order chi connectivity index (χ1) is 6.15. The first-order valence-electron chi connectivity index (χ1n) is 3.92. The number of rotatable bonds is 3. The van der Waals surface area contributed by atoms with E-state index in [1.54, 1.807) is 35.6 Å². The van der Waals surface area contributed by atoms with Crippen molar-refractivity contribution in [2.45, 2.75) is 17.9 Å². The standard InChI is InChI=1S/C9H11NO2S/c1-7(9(11)12)10-5-3-8(13-2)4-6-10/h3-7H,1-2H3/p+1. The Morgan fingerprint density at radius 1 is 1.54 bits per heavy atom. The first kappa shape index (κ1) is 10.1. The van der Waals surface area contributed by atoms with E-state index < -0.39 is 12.0 Å². The summed E-state index contributed by atoms with van der Waals surface area (Å²) in [5.74, 6) is -0.818. The van der Waals surface area contributed by atoms with E-state index in [9.17, 15) is 4.79 Å². The summed E-state index contributed by atoms with van der Waals surface area (Å²) in [6.45, 7) is 1.65. The molecule has 1 aromatic rings. The summed E-state index contributed by atoms with van der Waals surface area (Å²) in [6, 6.07) is 3.31. The molecule has 0 saturated carbocycles. The lowest BCUT2D eigenvalue weighted by molar-refractivity contribution is -0.707. The number of carboxylic acid groups (broad SMARTS) is 1. The Balaban J connectivity index is 2.85. The molecule has 0 bridgehead atoms. The minimum Gasteiger partial charge on any atom is -0.476 e. The maximum atomic E-state index is 10.6. The molecule has 4 heteroatoms. The van der Waals surface area contributed by atoms with E-state index >= 15 is 0 Å². The SMILES string of the molecule is CSc1cc[n+](C(C)C(=O)O)cc1. The van der Waals surface area contributed by atoms with Crippen LogP contribution in [0.2, 0.25) is 0 Å². The van der Waals surface area contributed by atoms with E-state index in [1.807, 2.05) is 18.4 Å². The second-order valence-electron chi connectivity index (χ2n) is 2.70. The minimum atomic E-state index is -0.818. The predicted octanol–water partition coefficient (Wildman–Crippen LogP) is 1.34. The molecule has 0 saturated heterocycles. The maximum Gasteiger partial charge on any atom is 0.373 e. The van der Waals surface area contributed by atoms with Crippen molar-refractivity contribution in [2.75, 3.05) is 6.26 Å². The van der Waals surface area contributed by atoms with Crippen molar-refractivity contribution in [1.82, 2.24) is 0 Å². The van der Waals surface area contributed by atoms with Gasteiger partial charge < -0.3 is 5.11 Å². The van der Waals surface area contributed by atoms with Crippen LogP contribution in [-0.2, 0) is 4.79 Å². The summed E-state index contributed by atoms with van der Waals surface area (Å²) in [6.07, 6.45) is 5.55. The summed E-state index contributed by atoms with van der Waals surface area (Å²) in [5.41, 5.74) is 0. The van der Waals surface area contributed by atoms with Crippen LogP contribution in [0, 0.1) is 0 Å². The van der Waals surface area contributed by atoms with Crippen LogP contribution in [0.25, 0.3) is 0 Å². The molecule has 0 radical (unpaired) electrons. The minimum absolute atomic E-state index is 0.504. The highest BCUT2D eigenvalue weighted by molar-refractivity contribution is 7.98. The molecule has 1 N–H and O–H groups in total. The van der Waals surface area contributed by atoms with Crippen LogP contribution >= 0.6 is 11.8 Å². The zero-order valence-electron chi connectivity index (χ0n) is 7.60. The van der Waals surface area contributed by atoms with Crippen molar-refractivity contribution in [3.8, 4) is 0 Å². The molecule has 70 valence electrons. The molecule has 0 fully saturated rings. The molecule has 1 heterocycles. The van der Waals surface area contributed by atoms with Crippen LogP contribution < -0.4 is 4.57 Å². The lowest BCUT2D eigenvalue weighted by Crippen LogP contribution is -2.41. The molecule has 0 aromatic carbocycles. The number of aliphatic carboxylic acids is 1.